The number of carbonyl (C=O) groups excluding carboxylic acids is 1. The predicted molar refractivity (Wildman–Crippen MR) is 60.5 cm³/mol. The summed E-state index contributed by atoms with van der Waals surface area (Å²) in [6.45, 7) is 5.12. The third-order valence-corrected chi connectivity index (χ3v) is 5.74. The number of carbonyl (C=O) groups is 1. The lowest BCUT2D eigenvalue weighted by Crippen LogP contribution is -2.31. The molecule has 0 radical (unpaired) electrons. The maximum Gasteiger partial charge on any atom is 0.155 e. The van der Waals surface area contributed by atoms with Crippen LogP contribution in [0.3, 0.4) is 0 Å². The van der Waals surface area contributed by atoms with Gasteiger partial charge in [-0.1, -0.05) is 0 Å². The molecule has 0 spiro atoms. The highest BCUT2D eigenvalue weighted by molar-refractivity contribution is 7.92. The Kier molecular flexibility index (Phi) is 3.59. The zero-order valence-corrected chi connectivity index (χ0v) is 10.6. The molecule has 88 valence electrons. The van der Waals surface area contributed by atoms with Crippen LogP contribution in [0.1, 0.15) is 46.5 Å². The number of rotatable bonds is 3. The lowest BCUT2D eigenvalue weighted by Gasteiger charge is -2.20. The highest BCUT2D eigenvalue weighted by Crippen LogP contribution is 2.26. The quantitative estimate of drug-likeness (QED) is 0.747. The second-order valence-electron chi connectivity index (χ2n) is 5.28. The van der Waals surface area contributed by atoms with Gasteiger partial charge in [0.25, 0.3) is 0 Å². The van der Waals surface area contributed by atoms with Gasteiger partial charge in [-0.2, -0.15) is 0 Å². The molecular formula is C11H20O3S. The lowest BCUT2D eigenvalue weighted by molar-refractivity contribution is -0.120. The van der Waals surface area contributed by atoms with Crippen LogP contribution in [0.2, 0.25) is 0 Å². The number of ketones is 1. The zero-order valence-electron chi connectivity index (χ0n) is 9.75. The highest BCUT2D eigenvalue weighted by Gasteiger charge is 2.31. The lowest BCUT2D eigenvalue weighted by atomic mass is 10.1. The largest absolute Gasteiger partial charge is 0.299 e. The first-order valence-electron chi connectivity index (χ1n) is 5.49. The molecule has 0 aromatic rings. The average molecular weight is 232 g/mol. The van der Waals surface area contributed by atoms with Crippen molar-refractivity contribution in [1.82, 2.24) is 0 Å². The van der Waals surface area contributed by atoms with Gasteiger partial charge in [-0.25, -0.2) is 8.42 Å². The van der Waals surface area contributed by atoms with Crippen LogP contribution in [-0.4, -0.2) is 24.7 Å². The van der Waals surface area contributed by atoms with E-state index < -0.39 is 14.6 Å². The molecule has 0 amide bonds. The molecule has 1 rings (SSSR count). The van der Waals surface area contributed by atoms with Crippen LogP contribution in [-0.2, 0) is 14.6 Å². The van der Waals surface area contributed by atoms with Crippen LogP contribution >= 0.6 is 0 Å². The number of hydrogen-bond donors (Lipinski definition) is 0. The Labute approximate surface area is 92.2 Å². The van der Waals surface area contributed by atoms with E-state index in [9.17, 15) is 13.2 Å². The van der Waals surface area contributed by atoms with Gasteiger partial charge in [-0.15, -0.1) is 0 Å². The molecule has 0 aromatic carbocycles. The van der Waals surface area contributed by atoms with E-state index in [0.717, 1.165) is 12.8 Å². The second kappa shape index (κ2) is 4.24. The van der Waals surface area contributed by atoms with Gasteiger partial charge in [0, 0.05) is 12.3 Å². The Morgan fingerprint density at radius 3 is 2.33 bits per heavy atom. The van der Waals surface area contributed by atoms with Crippen molar-refractivity contribution in [2.24, 2.45) is 5.92 Å². The zero-order chi connectivity index (χ0) is 11.7. The minimum Gasteiger partial charge on any atom is -0.299 e. The summed E-state index contributed by atoms with van der Waals surface area (Å²) in [5.74, 6) is 0.397. The minimum atomic E-state index is -3.06. The molecule has 15 heavy (non-hydrogen) atoms. The first kappa shape index (κ1) is 12.7. The molecule has 4 heteroatoms. The van der Waals surface area contributed by atoms with E-state index in [1.54, 1.807) is 20.8 Å². The Morgan fingerprint density at radius 2 is 1.93 bits per heavy atom. The fraction of sp³-hybridized carbons (Fsp3) is 0.909. The van der Waals surface area contributed by atoms with E-state index >= 15 is 0 Å². The molecule has 0 bridgehead atoms. The molecule has 0 N–H and O–H groups in total. The highest BCUT2D eigenvalue weighted by atomic mass is 32.2. The van der Waals surface area contributed by atoms with Crippen molar-refractivity contribution in [3.8, 4) is 0 Å². The molecule has 3 nitrogen and oxygen atoms in total. The van der Waals surface area contributed by atoms with Crippen molar-refractivity contribution in [2.75, 3.05) is 5.75 Å². The standard InChI is InChI=1S/C11H20O3S/c1-11(2,3)15(13,14)8-7-9-5-4-6-10(9)12/h9H,4-8H2,1-3H3. The van der Waals surface area contributed by atoms with Gasteiger partial charge in [0.15, 0.2) is 9.84 Å². The first-order chi connectivity index (χ1) is 6.74. The van der Waals surface area contributed by atoms with Gasteiger partial charge in [-0.3, -0.25) is 4.79 Å². The van der Waals surface area contributed by atoms with Gasteiger partial charge in [0.05, 0.1) is 10.5 Å². The maximum atomic E-state index is 11.8. The fourth-order valence-electron chi connectivity index (χ4n) is 1.80. The van der Waals surface area contributed by atoms with Gasteiger partial charge < -0.3 is 0 Å². The van der Waals surface area contributed by atoms with Gasteiger partial charge >= 0.3 is 0 Å². The fourth-order valence-corrected chi connectivity index (χ4v) is 3.00. The molecule has 0 heterocycles. The van der Waals surface area contributed by atoms with Gasteiger partial charge in [-0.05, 0) is 40.0 Å². The smallest absolute Gasteiger partial charge is 0.155 e. The number of hydrogen-bond acceptors (Lipinski definition) is 3. The van der Waals surface area contributed by atoms with E-state index in [-0.39, 0.29) is 17.5 Å². The normalized spacial score (nSPS) is 23.4. The average Bonchev–Trinajstić information content (AvgIpc) is 2.46. The molecule has 0 aliphatic heterocycles. The molecule has 1 aliphatic carbocycles. The van der Waals surface area contributed by atoms with E-state index in [1.807, 2.05) is 0 Å². The van der Waals surface area contributed by atoms with Crippen LogP contribution in [0, 0.1) is 5.92 Å². The molecule has 1 atom stereocenters. The Bertz CT molecular complexity index is 335. The summed E-state index contributed by atoms with van der Waals surface area (Å²) in [6.07, 6.45) is 2.95. The Balaban J connectivity index is 2.54. The Morgan fingerprint density at radius 1 is 1.33 bits per heavy atom. The summed E-state index contributed by atoms with van der Waals surface area (Å²) in [5.41, 5.74) is 0. The number of sulfone groups is 1. The molecule has 0 aromatic heterocycles. The Hall–Kier alpha value is -0.380. The van der Waals surface area contributed by atoms with Crippen LogP contribution in [0.25, 0.3) is 0 Å². The second-order valence-corrected chi connectivity index (χ2v) is 8.14. The van der Waals surface area contributed by atoms with E-state index in [1.165, 1.54) is 0 Å². The maximum absolute atomic E-state index is 11.8. The summed E-state index contributed by atoms with van der Waals surface area (Å²) in [6, 6.07) is 0. The monoisotopic (exact) mass is 232 g/mol. The van der Waals surface area contributed by atoms with E-state index in [4.69, 9.17) is 0 Å². The van der Waals surface area contributed by atoms with Gasteiger partial charge in [0.1, 0.15) is 5.78 Å². The van der Waals surface area contributed by atoms with Crippen LogP contribution in [0.15, 0.2) is 0 Å². The van der Waals surface area contributed by atoms with Crippen molar-refractivity contribution in [3.05, 3.63) is 0 Å². The molecule has 1 aliphatic rings. The molecular weight excluding hydrogens is 212 g/mol. The van der Waals surface area contributed by atoms with Crippen LogP contribution < -0.4 is 0 Å². The molecule has 1 saturated carbocycles. The first-order valence-corrected chi connectivity index (χ1v) is 7.14. The van der Waals surface area contributed by atoms with Crippen molar-refractivity contribution < 1.29 is 13.2 Å². The number of Topliss-reactive ketones (excluding diaryl/α,β-unsaturated/α-hetero) is 1. The van der Waals surface area contributed by atoms with E-state index in [0.29, 0.717) is 12.8 Å². The third kappa shape index (κ3) is 3.03. The van der Waals surface area contributed by atoms with Crippen LogP contribution in [0.4, 0.5) is 0 Å². The van der Waals surface area contributed by atoms with Crippen LogP contribution in [0.5, 0.6) is 0 Å². The van der Waals surface area contributed by atoms with E-state index in [2.05, 4.69) is 0 Å². The van der Waals surface area contributed by atoms with Crippen molar-refractivity contribution in [3.63, 3.8) is 0 Å². The molecule has 1 unspecified atom stereocenters. The SMILES string of the molecule is CC(C)(C)S(=O)(=O)CCC1CCCC1=O. The topological polar surface area (TPSA) is 51.2 Å². The summed E-state index contributed by atoms with van der Waals surface area (Å²) < 4.78 is 22.9. The molecule has 0 saturated heterocycles. The summed E-state index contributed by atoms with van der Waals surface area (Å²) in [7, 11) is -3.06. The van der Waals surface area contributed by atoms with Crippen molar-refractivity contribution >= 4 is 15.6 Å². The van der Waals surface area contributed by atoms with Crippen molar-refractivity contribution in [2.45, 2.75) is 51.2 Å². The minimum absolute atomic E-state index is 0.00197. The third-order valence-electron chi connectivity index (χ3n) is 3.10. The summed E-state index contributed by atoms with van der Waals surface area (Å²) in [4.78, 5) is 11.3. The summed E-state index contributed by atoms with van der Waals surface area (Å²) >= 11 is 0. The van der Waals surface area contributed by atoms with Crippen molar-refractivity contribution in [1.29, 1.82) is 0 Å². The summed E-state index contributed by atoms with van der Waals surface area (Å²) in [5, 5.41) is 0. The van der Waals surface area contributed by atoms with Gasteiger partial charge in [0.2, 0.25) is 0 Å². The predicted octanol–water partition coefficient (Wildman–Crippen LogP) is 1.96. The molecule has 1 fully saturated rings.